The highest BCUT2D eigenvalue weighted by Crippen LogP contribution is 2.39. The van der Waals surface area contributed by atoms with Crippen LogP contribution in [0.3, 0.4) is 0 Å². The summed E-state index contributed by atoms with van der Waals surface area (Å²) in [5, 5.41) is 0. The standard InChI is InChI=1S/C20H21NO5/c1-13(22)26-19-18(15-7-5-4-6-8-15)21(20(19)23)12-14-9-10-16(24-2)17(11-14)25-3/h4-11,18-19H,12H2,1-3H3/t18-,19-/m0/s1. The molecular weight excluding hydrogens is 334 g/mol. The van der Waals surface area contributed by atoms with Crippen LogP contribution in [0.1, 0.15) is 24.1 Å². The van der Waals surface area contributed by atoms with Crippen LogP contribution in [0.15, 0.2) is 48.5 Å². The van der Waals surface area contributed by atoms with Crippen LogP contribution >= 0.6 is 0 Å². The Bertz CT molecular complexity index is 805. The van der Waals surface area contributed by atoms with Crippen molar-refractivity contribution in [1.82, 2.24) is 4.90 Å². The number of nitrogens with zero attached hydrogens (tertiary/aromatic N) is 1. The van der Waals surface area contributed by atoms with E-state index in [9.17, 15) is 9.59 Å². The third-order valence-corrected chi connectivity index (χ3v) is 4.38. The lowest BCUT2D eigenvalue weighted by atomic mass is 9.90. The monoisotopic (exact) mass is 355 g/mol. The van der Waals surface area contributed by atoms with Gasteiger partial charge in [-0.2, -0.15) is 0 Å². The number of rotatable bonds is 6. The molecule has 3 rings (SSSR count). The first-order valence-corrected chi connectivity index (χ1v) is 8.28. The maximum atomic E-state index is 12.6. The van der Waals surface area contributed by atoms with Crippen molar-refractivity contribution in [3.63, 3.8) is 0 Å². The molecule has 0 radical (unpaired) electrons. The highest BCUT2D eigenvalue weighted by Gasteiger charge is 2.50. The smallest absolute Gasteiger partial charge is 0.303 e. The third kappa shape index (κ3) is 3.35. The Balaban J connectivity index is 1.86. The Morgan fingerprint density at radius 1 is 1.04 bits per heavy atom. The lowest BCUT2D eigenvalue weighted by Gasteiger charge is -2.46. The molecule has 6 heteroatoms. The van der Waals surface area contributed by atoms with Crippen LogP contribution in [0.4, 0.5) is 0 Å². The summed E-state index contributed by atoms with van der Waals surface area (Å²) in [5.41, 5.74) is 1.83. The second kappa shape index (κ2) is 7.47. The summed E-state index contributed by atoms with van der Waals surface area (Å²) >= 11 is 0. The van der Waals surface area contributed by atoms with Crippen molar-refractivity contribution in [2.24, 2.45) is 0 Å². The Kier molecular flexibility index (Phi) is 5.11. The molecule has 1 fully saturated rings. The van der Waals surface area contributed by atoms with Crippen molar-refractivity contribution in [1.29, 1.82) is 0 Å². The molecule has 2 aromatic rings. The van der Waals surface area contributed by atoms with Crippen LogP contribution in [0, 0.1) is 0 Å². The maximum absolute atomic E-state index is 12.6. The first-order chi connectivity index (χ1) is 12.5. The van der Waals surface area contributed by atoms with Gasteiger partial charge in [-0.05, 0) is 23.3 Å². The summed E-state index contributed by atoms with van der Waals surface area (Å²) in [7, 11) is 3.14. The minimum Gasteiger partial charge on any atom is -0.493 e. The fourth-order valence-electron chi connectivity index (χ4n) is 3.17. The zero-order valence-electron chi connectivity index (χ0n) is 15.0. The number of methoxy groups -OCH3 is 2. The number of ether oxygens (including phenoxy) is 3. The van der Waals surface area contributed by atoms with E-state index in [2.05, 4.69) is 0 Å². The second-order valence-corrected chi connectivity index (χ2v) is 6.04. The molecule has 1 aliphatic heterocycles. The summed E-state index contributed by atoms with van der Waals surface area (Å²) in [4.78, 5) is 25.6. The quantitative estimate of drug-likeness (QED) is 0.589. The van der Waals surface area contributed by atoms with Crippen LogP contribution < -0.4 is 9.47 Å². The highest BCUT2D eigenvalue weighted by molar-refractivity contribution is 5.90. The van der Waals surface area contributed by atoms with E-state index in [1.807, 2.05) is 42.5 Å². The fourth-order valence-corrected chi connectivity index (χ4v) is 3.17. The largest absolute Gasteiger partial charge is 0.493 e. The van der Waals surface area contributed by atoms with Gasteiger partial charge in [0.25, 0.3) is 5.91 Å². The predicted molar refractivity (Wildman–Crippen MR) is 94.8 cm³/mol. The summed E-state index contributed by atoms with van der Waals surface area (Å²) in [6, 6.07) is 14.8. The molecule has 1 aliphatic rings. The molecule has 0 aromatic heterocycles. The van der Waals surface area contributed by atoms with Gasteiger partial charge in [-0.3, -0.25) is 9.59 Å². The highest BCUT2D eigenvalue weighted by atomic mass is 16.6. The molecule has 1 heterocycles. The van der Waals surface area contributed by atoms with E-state index in [-0.39, 0.29) is 11.9 Å². The second-order valence-electron chi connectivity index (χ2n) is 6.04. The molecule has 2 atom stereocenters. The fraction of sp³-hybridized carbons (Fsp3) is 0.300. The normalized spacial score (nSPS) is 18.9. The van der Waals surface area contributed by atoms with Crippen molar-refractivity contribution < 1.29 is 23.8 Å². The number of hydrogen-bond donors (Lipinski definition) is 0. The molecule has 0 saturated carbocycles. The van der Waals surface area contributed by atoms with Gasteiger partial charge in [0.05, 0.1) is 14.2 Å². The van der Waals surface area contributed by atoms with Crippen LogP contribution in [-0.2, 0) is 20.9 Å². The van der Waals surface area contributed by atoms with E-state index >= 15 is 0 Å². The molecular formula is C20H21NO5. The molecule has 26 heavy (non-hydrogen) atoms. The summed E-state index contributed by atoms with van der Waals surface area (Å²) < 4.78 is 15.8. The first kappa shape index (κ1) is 17.8. The van der Waals surface area contributed by atoms with Gasteiger partial charge in [0, 0.05) is 13.5 Å². The Morgan fingerprint density at radius 3 is 2.35 bits per heavy atom. The average molecular weight is 355 g/mol. The lowest BCUT2D eigenvalue weighted by Crippen LogP contribution is -2.59. The number of benzene rings is 2. The number of β-lactam (4-membered cyclic amide) rings is 1. The third-order valence-electron chi connectivity index (χ3n) is 4.38. The van der Waals surface area contributed by atoms with Gasteiger partial charge < -0.3 is 19.1 Å². The predicted octanol–water partition coefficient (Wildman–Crippen LogP) is 2.72. The molecule has 0 bridgehead atoms. The Hall–Kier alpha value is -3.02. The van der Waals surface area contributed by atoms with Gasteiger partial charge in [-0.15, -0.1) is 0 Å². The topological polar surface area (TPSA) is 65.1 Å². The van der Waals surface area contributed by atoms with Gasteiger partial charge in [-0.25, -0.2) is 0 Å². The van der Waals surface area contributed by atoms with E-state index in [1.165, 1.54) is 6.92 Å². The van der Waals surface area contributed by atoms with Gasteiger partial charge in [0.2, 0.25) is 6.10 Å². The van der Waals surface area contributed by atoms with Gasteiger partial charge >= 0.3 is 5.97 Å². The molecule has 0 unspecified atom stereocenters. The van der Waals surface area contributed by atoms with Crippen molar-refractivity contribution in [2.75, 3.05) is 14.2 Å². The molecule has 0 N–H and O–H groups in total. The van der Waals surface area contributed by atoms with E-state index in [4.69, 9.17) is 14.2 Å². The van der Waals surface area contributed by atoms with E-state index in [0.29, 0.717) is 18.0 Å². The van der Waals surface area contributed by atoms with E-state index in [0.717, 1.165) is 11.1 Å². The van der Waals surface area contributed by atoms with Gasteiger partial charge in [-0.1, -0.05) is 36.4 Å². The number of amides is 1. The molecule has 1 saturated heterocycles. The number of esters is 1. The SMILES string of the molecule is COc1ccc(CN2C(=O)[C@@H](OC(C)=O)[C@@H]2c2ccccc2)cc1OC. The van der Waals surface area contributed by atoms with Crippen molar-refractivity contribution >= 4 is 11.9 Å². The van der Waals surface area contributed by atoms with Crippen LogP contribution in [0.2, 0.25) is 0 Å². The lowest BCUT2D eigenvalue weighted by molar-refractivity contribution is -0.183. The number of likely N-dealkylation sites (tertiary alicyclic amines) is 1. The molecule has 0 spiro atoms. The van der Waals surface area contributed by atoms with Crippen LogP contribution in [-0.4, -0.2) is 37.1 Å². The van der Waals surface area contributed by atoms with Crippen molar-refractivity contribution in [3.8, 4) is 11.5 Å². The average Bonchev–Trinajstić information content (AvgIpc) is 2.66. The summed E-state index contributed by atoms with van der Waals surface area (Å²) in [6.07, 6.45) is -0.782. The van der Waals surface area contributed by atoms with Crippen LogP contribution in [0.5, 0.6) is 11.5 Å². The molecule has 0 aliphatic carbocycles. The Morgan fingerprint density at radius 2 is 1.73 bits per heavy atom. The van der Waals surface area contributed by atoms with E-state index < -0.39 is 12.1 Å². The summed E-state index contributed by atoms with van der Waals surface area (Å²) in [5.74, 6) is 0.563. The number of hydrogen-bond acceptors (Lipinski definition) is 5. The first-order valence-electron chi connectivity index (χ1n) is 8.28. The van der Waals surface area contributed by atoms with Crippen molar-refractivity contribution in [3.05, 3.63) is 59.7 Å². The number of carbonyl (C=O) groups excluding carboxylic acids is 2. The summed E-state index contributed by atoms with van der Waals surface area (Å²) in [6.45, 7) is 1.70. The Labute approximate surface area is 152 Å². The van der Waals surface area contributed by atoms with Gasteiger partial charge in [0.15, 0.2) is 11.5 Å². The van der Waals surface area contributed by atoms with Crippen LogP contribution in [0.25, 0.3) is 0 Å². The zero-order chi connectivity index (χ0) is 18.7. The van der Waals surface area contributed by atoms with Crippen molar-refractivity contribution in [2.45, 2.75) is 25.6 Å². The molecule has 6 nitrogen and oxygen atoms in total. The maximum Gasteiger partial charge on any atom is 0.303 e. The zero-order valence-corrected chi connectivity index (χ0v) is 15.0. The molecule has 2 aromatic carbocycles. The number of carbonyl (C=O) groups is 2. The van der Waals surface area contributed by atoms with Gasteiger partial charge in [0.1, 0.15) is 6.04 Å². The molecule has 136 valence electrons. The minimum atomic E-state index is -0.782. The molecule has 1 amide bonds. The van der Waals surface area contributed by atoms with E-state index in [1.54, 1.807) is 25.2 Å². The minimum absolute atomic E-state index is 0.205.